The highest BCUT2D eigenvalue weighted by Gasteiger charge is 2.30. The lowest BCUT2D eigenvalue weighted by Gasteiger charge is -2.34. The van der Waals surface area contributed by atoms with Crippen LogP contribution in [0.3, 0.4) is 0 Å². The molecular weight excluding hydrogens is 235 g/mol. The summed E-state index contributed by atoms with van der Waals surface area (Å²) in [7, 11) is 0. The molecule has 2 rings (SSSR count). The van der Waals surface area contributed by atoms with Crippen LogP contribution in [0.4, 0.5) is 4.39 Å². The van der Waals surface area contributed by atoms with Crippen LogP contribution in [0, 0.1) is 29.6 Å². The van der Waals surface area contributed by atoms with Crippen molar-refractivity contribution in [2.75, 3.05) is 6.67 Å². The lowest BCUT2D eigenvalue weighted by Crippen LogP contribution is -2.22. The van der Waals surface area contributed by atoms with Crippen LogP contribution < -0.4 is 0 Å². The number of halogens is 1. The fraction of sp³-hybridized carbons (Fsp3) is 1.00. The minimum Gasteiger partial charge on any atom is -0.251 e. The molecule has 2 unspecified atom stereocenters. The Morgan fingerprint density at radius 3 is 2.11 bits per heavy atom. The van der Waals surface area contributed by atoms with Crippen molar-refractivity contribution in [2.24, 2.45) is 29.6 Å². The molecule has 0 aliphatic heterocycles. The highest BCUT2D eigenvalue weighted by molar-refractivity contribution is 4.81. The summed E-state index contributed by atoms with van der Waals surface area (Å²) in [4.78, 5) is 0. The van der Waals surface area contributed by atoms with E-state index < -0.39 is 0 Å². The molecule has 2 atom stereocenters. The van der Waals surface area contributed by atoms with Gasteiger partial charge in [0.1, 0.15) is 0 Å². The monoisotopic (exact) mass is 268 g/mol. The van der Waals surface area contributed by atoms with Crippen LogP contribution in [-0.4, -0.2) is 6.67 Å². The molecule has 2 saturated carbocycles. The highest BCUT2D eigenvalue weighted by atomic mass is 19.1. The second-order valence-electron chi connectivity index (χ2n) is 7.32. The average Bonchev–Trinajstić information content (AvgIpc) is 3.26. The van der Waals surface area contributed by atoms with Crippen molar-refractivity contribution in [1.29, 1.82) is 0 Å². The molecule has 0 N–H and O–H groups in total. The summed E-state index contributed by atoms with van der Waals surface area (Å²) in [6, 6.07) is 0. The summed E-state index contributed by atoms with van der Waals surface area (Å²) in [5, 5.41) is 0. The Hall–Kier alpha value is -0.0700. The fourth-order valence-electron chi connectivity index (χ4n) is 4.25. The molecule has 0 aromatic heterocycles. The minimum atomic E-state index is -0.106. The molecule has 0 heterocycles. The van der Waals surface area contributed by atoms with Crippen molar-refractivity contribution in [3.8, 4) is 0 Å². The Morgan fingerprint density at radius 1 is 0.947 bits per heavy atom. The summed E-state index contributed by atoms with van der Waals surface area (Å²) in [6.07, 6.45) is 13.4. The maximum Gasteiger partial charge on any atom is 0.0897 e. The van der Waals surface area contributed by atoms with Gasteiger partial charge in [-0.2, -0.15) is 0 Å². The maximum atomic E-state index is 12.4. The minimum absolute atomic E-state index is 0.106. The Kier molecular flexibility index (Phi) is 6.16. The average molecular weight is 268 g/mol. The maximum absolute atomic E-state index is 12.4. The molecule has 2 aliphatic rings. The van der Waals surface area contributed by atoms with Crippen molar-refractivity contribution in [1.82, 2.24) is 0 Å². The van der Waals surface area contributed by atoms with E-state index in [0.29, 0.717) is 5.92 Å². The molecule has 2 fully saturated rings. The van der Waals surface area contributed by atoms with Crippen LogP contribution in [0.15, 0.2) is 0 Å². The Morgan fingerprint density at radius 2 is 1.58 bits per heavy atom. The molecule has 0 bridgehead atoms. The van der Waals surface area contributed by atoms with E-state index in [-0.39, 0.29) is 6.67 Å². The van der Waals surface area contributed by atoms with Gasteiger partial charge in [0.25, 0.3) is 0 Å². The van der Waals surface area contributed by atoms with Crippen LogP contribution in [0.1, 0.15) is 78.1 Å². The van der Waals surface area contributed by atoms with Gasteiger partial charge in [0.15, 0.2) is 0 Å². The van der Waals surface area contributed by atoms with Gasteiger partial charge in [0.2, 0.25) is 0 Å². The first-order valence-electron chi connectivity index (χ1n) is 8.80. The first-order valence-corrected chi connectivity index (χ1v) is 8.80. The van der Waals surface area contributed by atoms with Gasteiger partial charge in [-0.3, -0.25) is 4.39 Å². The van der Waals surface area contributed by atoms with Crippen molar-refractivity contribution in [2.45, 2.75) is 78.1 Å². The van der Waals surface area contributed by atoms with Gasteiger partial charge in [-0.15, -0.1) is 0 Å². The molecule has 1 heteroatoms. The molecule has 0 spiro atoms. The number of rotatable bonds is 8. The Bertz CT molecular complexity index is 238. The van der Waals surface area contributed by atoms with Crippen molar-refractivity contribution < 1.29 is 4.39 Å². The molecular formula is C18H33F. The van der Waals surface area contributed by atoms with Crippen LogP contribution in [-0.2, 0) is 0 Å². The SMILES string of the molecule is CCC(CCC(C)C1CC1)C1CCC(CCF)CC1. The van der Waals surface area contributed by atoms with Crippen molar-refractivity contribution in [3.63, 3.8) is 0 Å². The van der Waals surface area contributed by atoms with E-state index >= 15 is 0 Å². The third-order valence-electron chi connectivity index (χ3n) is 6.02. The fourth-order valence-corrected chi connectivity index (χ4v) is 4.25. The van der Waals surface area contributed by atoms with Gasteiger partial charge in [-0.05, 0) is 68.1 Å². The van der Waals surface area contributed by atoms with Gasteiger partial charge >= 0.3 is 0 Å². The molecule has 0 saturated heterocycles. The largest absolute Gasteiger partial charge is 0.251 e. The number of hydrogen-bond acceptors (Lipinski definition) is 0. The lowest BCUT2D eigenvalue weighted by atomic mass is 9.72. The van der Waals surface area contributed by atoms with E-state index in [1.165, 1.54) is 57.8 Å². The summed E-state index contributed by atoms with van der Waals surface area (Å²) < 4.78 is 12.4. The molecule has 0 radical (unpaired) electrons. The third kappa shape index (κ3) is 4.76. The van der Waals surface area contributed by atoms with Crippen molar-refractivity contribution in [3.05, 3.63) is 0 Å². The van der Waals surface area contributed by atoms with Crippen LogP contribution in [0.2, 0.25) is 0 Å². The first-order chi connectivity index (χ1) is 9.24. The zero-order valence-corrected chi connectivity index (χ0v) is 13.0. The zero-order chi connectivity index (χ0) is 13.7. The topological polar surface area (TPSA) is 0 Å². The standard InChI is InChI=1S/C18H33F/c1-3-16(7-4-14(2)17-10-11-17)18-8-5-15(6-9-18)12-13-19/h14-18H,3-13H2,1-2H3. The molecule has 19 heavy (non-hydrogen) atoms. The van der Waals surface area contributed by atoms with Gasteiger partial charge in [0, 0.05) is 0 Å². The van der Waals surface area contributed by atoms with E-state index in [4.69, 9.17) is 0 Å². The van der Waals surface area contributed by atoms with E-state index in [1.807, 2.05) is 0 Å². The predicted molar refractivity (Wildman–Crippen MR) is 80.9 cm³/mol. The van der Waals surface area contributed by atoms with E-state index in [1.54, 1.807) is 0 Å². The molecule has 0 amide bonds. The van der Waals surface area contributed by atoms with Crippen LogP contribution in [0.25, 0.3) is 0 Å². The highest BCUT2D eigenvalue weighted by Crippen LogP contribution is 2.42. The summed E-state index contributed by atoms with van der Waals surface area (Å²) in [6.45, 7) is 4.73. The zero-order valence-electron chi connectivity index (χ0n) is 13.0. The Labute approximate surface area is 119 Å². The normalized spacial score (nSPS) is 31.1. The summed E-state index contributed by atoms with van der Waals surface area (Å²) in [5.74, 6) is 4.64. The van der Waals surface area contributed by atoms with Crippen LogP contribution >= 0.6 is 0 Å². The Balaban J connectivity index is 1.69. The lowest BCUT2D eigenvalue weighted by molar-refractivity contribution is 0.173. The van der Waals surface area contributed by atoms with E-state index in [0.717, 1.165) is 30.1 Å². The van der Waals surface area contributed by atoms with Crippen molar-refractivity contribution >= 4 is 0 Å². The van der Waals surface area contributed by atoms with Gasteiger partial charge < -0.3 is 0 Å². The quantitative estimate of drug-likeness (QED) is 0.506. The third-order valence-corrected chi connectivity index (χ3v) is 6.02. The second kappa shape index (κ2) is 7.64. The molecule has 112 valence electrons. The summed E-state index contributed by atoms with van der Waals surface area (Å²) in [5.41, 5.74) is 0. The molecule has 2 aliphatic carbocycles. The molecule has 0 aromatic rings. The van der Waals surface area contributed by atoms with Gasteiger partial charge in [-0.1, -0.05) is 39.5 Å². The van der Waals surface area contributed by atoms with Gasteiger partial charge in [0.05, 0.1) is 6.67 Å². The second-order valence-corrected chi connectivity index (χ2v) is 7.32. The summed E-state index contributed by atoms with van der Waals surface area (Å²) >= 11 is 0. The smallest absolute Gasteiger partial charge is 0.0897 e. The number of alkyl halides is 1. The molecule has 0 aromatic carbocycles. The van der Waals surface area contributed by atoms with Crippen LogP contribution in [0.5, 0.6) is 0 Å². The van der Waals surface area contributed by atoms with Gasteiger partial charge in [-0.25, -0.2) is 0 Å². The number of hydrogen-bond donors (Lipinski definition) is 0. The van der Waals surface area contributed by atoms with E-state index in [2.05, 4.69) is 13.8 Å². The first kappa shape index (κ1) is 15.3. The predicted octanol–water partition coefficient (Wildman–Crippen LogP) is 6.00. The molecule has 0 nitrogen and oxygen atoms in total. The van der Waals surface area contributed by atoms with E-state index in [9.17, 15) is 4.39 Å².